The summed E-state index contributed by atoms with van der Waals surface area (Å²) >= 11 is 0. The third kappa shape index (κ3) is 4.25. The number of benzene rings is 1. The van der Waals surface area contributed by atoms with Crippen molar-refractivity contribution >= 4 is 11.5 Å². The molecule has 0 saturated carbocycles. The molecule has 0 spiro atoms. The van der Waals surface area contributed by atoms with Crippen molar-refractivity contribution in [2.45, 2.75) is 32.3 Å². The van der Waals surface area contributed by atoms with Gasteiger partial charge in [0.25, 0.3) is 0 Å². The predicted octanol–water partition coefficient (Wildman–Crippen LogP) is 2.71. The van der Waals surface area contributed by atoms with E-state index in [1.165, 1.54) is 16.7 Å². The van der Waals surface area contributed by atoms with Gasteiger partial charge in [0.2, 0.25) is 5.91 Å². The summed E-state index contributed by atoms with van der Waals surface area (Å²) in [5.74, 6) is 0.104. The lowest BCUT2D eigenvalue weighted by Gasteiger charge is -2.28. The first kappa shape index (κ1) is 17.2. The van der Waals surface area contributed by atoms with E-state index in [1.807, 2.05) is 18.2 Å². The summed E-state index contributed by atoms with van der Waals surface area (Å²) in [5, 5.41) is 3.05. The first-order chi connectivity index (χ1) is 11.7. The molecule has 1 saturated heterocycles. The van der Waals surface area contributed by atoms with Gasteiger partial charge in [-0.15, -0.1) is 0 Å². The molecule has 1 atom stereocenters. The van der Waals surface area contributed by atoms with Gasteiger partial charge in [-0.1, -0.05) is 35.9 Å². The summed E-state index contributed by atoms with van der Waals surface area (Å²) < 4.78 is 5.91. The van der Waals surface area contributed by atoms with Gasteiger partial charge in [-0.3, -0.25) is 4.79 Å². The van der Waals surface area contributed by atoms with Gasteiger partial charge >= 0.3 is 0 Å². The first-order valence-electron chi connectivity index (χ1n) is 9.00. The van der Waals surface area contributed by atoms with Crippen molar-refractivity contribution in [2.75, 3.05) is 33.3 Å². The highest BCUT2D eigenvalue weighted by atomic mass is 16.5. The van der Waals surface area contributed by atoms with E-state index in [0.29, 0.717) is 12.6 Å². The quantitative estimate of drug-likeness (QED) is 0.783. The van der Waals surface area contributed by atoms with Crippen LogP contribution in [0.1, 0.15) is 31.7 Å². The minimum atomic E-state index is -0.0257. The van der Waals surface area contributed by atoms with E-state index >= 15 is 0 Å². The topological polar surface area (TPSA) is 41.6 Å². The number of ether oxygens (including phenoxy) is 1. The molecule has 1 fully saturated rings. The number of carbonyl (C=O) groups excluding carboxylic acids is 1. The van der Waals surface area contributed by atoms with Crippen molar-refractivity contribution in [1.82, 2.24) is 10.2 Å². The molecule has 24 heavy (non-hydrogen) atoms. The zero-order valence-corrected chi connectivity index (χ0v) is 14.8. The lowest BCUT2D eigenvalue weighted by molar-refractivity contribution is -0.121. The molecule has 0 unspecified atom stereocenters. The Morgan fingerprint density at radius 1 is 1.25 bits per heavy atom. The molecule has 130 valence electrons. The van der Waals surface area contributed by atoms with Crippen LogP contribution in [0.4, 0.5) is 0 Å². The average Bonchev–Trinajstić information content (AvgIpc) is 3.28. The van der Waals surface area contributed by atoms with Crippen LogP contribution in [0.15, 0.2) is 35.9 Å². The van der Waals surface area contributed by atoms with Crippen molar-refractivity contribution in [3.05, 3.63) is 41.5 Å². The maximum Gasteiger partial charge on any atom is 0.231 e. The van der Waals surface area contributed by atoms with Crippen molar-refractivity contribution in [1.29, 1.82) is 0 Å². The molecule has 1 aliphatic heterocycles. The molecule has 1 aromatic carbocycles. The van der Waals surface area contributed by atoms with E-state index in [-0.39, 0.29) is 11.8 Å². The molecule has 0 aromatic heterocycles. The van der Waals surface area contributed by atoms with E-state index in [4.69, 9.17) is 4.74 Å². The highest BCUT2D eigenvalue weighted by Gasteiger charge is 2.39. The van der Waals surface area contributed by atoms with Crippen LogP contribution in [-0.4, -0.2) is 50.2 Å². The molecule has 1 N–H and O–H groups in total. The minimum absolute atomic E-state index is 0.0257. The highest BCUT2D eigenvalue weighted by molar-refractivity contribution is 6.05. The van der Waals surface area contributed by atoms with E-state index < -0.39 is 0 Å². The van der Waals surface area contributed by atoms with Gasteiger partial charge in [0.15, 0.2) is 0 Å². The third-order valence-corrected chi connectivity index (χ3v) is 5.05. The number of likely N-dealkylation sites (tertiary alicyclic amines) is 1. The lowest BCUT2D eigenvalue weighted by atomic mass is 10.1. The number of hydrogen-bond donors (Lipinski definition) is 1. The van der Waals surface area contributed by atoms with Gasteiger partial charge in [0.1, 0.15) is 0 Å². The fourth-order valence-corrected chi connectivity index (χ4v) is 3.46. The monoisotopic (exact) mass is 328 g/mol. The van der Waals surface area contributed by atoms with Crippen LogP contribution in [-0.2, 0) is 9.53 Å². The smallest absolute Gasteiger partial charge is 0.231 e. The Morgan fingerprint density at radius 3 is 2.67 bits per heavy atom. The highest BCUT2D eigenvalue weighted by Crippen LogP contribution is 2.46. The second kappa shape index (κ2) is 7.95. The summed E-state index contributed by atoms with van der Waals surface area (Å²) in [6, 6.07) is 10.2. The summed E-state index contributed by atoms with van der Waals surface area (Å²) in [6.45, 7) is 5.72. The fourth-order valence-electron chi connectivity index (χ4n) is 3.46. The van der Waals surface area contributed by atoms with Gasteiger partial charge in [-0.2, -0.15) is 0 Å². The number of hydrogen-bond acceptors (Lipinski definition) is 3. The maximum atomic E-state index is 12.3. The SMILES string of the molecule is CC1=C(c2ccccc2)[C@@H]1C(=O)NCCCOC1CCN(C)CC1. The molecule has 1 aromatic rings. The van der Waals surface area contributed by atoms with E-state index in [2.05, 4.69) is 36.3 Å². The number of carbonyl (C=O) groups is 1. The normalized spacial score (nSPS) is 21.8. The summed E-state index contributed by atoms with van der Waals surface area (Å²) in [7, 11) is 2.16. The maximum absolute atomic E-state index is 12.3. The molecule has 1 aliphatic carbocycles. The minimum Gasteiger partial charge on any atom is -0.378 e. The molecule has 4 heteroatoms. The Kier molecular flexibility index (Phi) is 5.69. The second-order valence-electron chi connectivity index (χ2n) is 6.91. The average molecular weight is 328 g/mol. The molecular formula is C20H28N2O2. The Morgan fingerprint density at radius 2 is 1.96 bits per heavy atom. The van der Waals surface area contributed by atoms with Gasteiger partial charge in [-0.05, 0) is 44.4 Å². The van der Waals surface area contributed by atoms with Crippen LogP contribution < -0.4 is 5.32 Å². The van der Waals surface area contributed by atoms with Crippen LogP contribution in [0.3, 0.4) is 0 Å². The molecule has 4 nitrogen and oxygen atoms in total. The molecule has 0 radical (unpaired) electrons. The predicted molar refractivity (Wildman–Crippen MR) is 96.6 cm³/mol. The zero-order valence-electron chi connectivity index (χ0n) is 14.8. The van der Waals surface area contributed by atoms with Crippen molar-refractivity contribution in [2.24, 2.45) is 5.92 Å². The van der Waals surface area contributed by atoms with Gasteiger partial charge < -0.3 is 15.0 Å². The van der Waals surface area contributed by atoms with E-state index in [1.54, 1.807) is 0 Å². The second-order valence-corrected chi connectivity index (χ2v) is 6.91. The van der Waals surface area contributed by atoms with Crippen molar-refractivity contribution in [3.63, 3.8) is 0 Å². The molecule has 0 bridgehead atoms. The summed E-state index contributed by atoms with van der Waals surface area (Å²) in [5.41, 5.74) is 3.55. The van der Waals surface area contributed by atoms with Crippen molar-refractivity contribution < 1.29 is 9.53 Å². The van der Waals surface area contributed by atoms with Crippen LogP contribution in [0.2, 0.25) is 0 Å². The van der Waals surface area contributed by atoms with E-state index in [9.17, 15) is 4.79 Å². The van der Waals surface area contributed by atoms with Gasteiger partial charge in [-0.25, -0.2) is 0 Å². The summed E-state index contributed by atoms with van der Waals surface area (Å²) in [6.07, 6.45) is 3.52. The molecule has 2 aliphatic rings. The number of piperidine rings is 1. The Labute approximate surface area is 144 Å². The number of nitrogens with zero attached hydrogens (tertiary/aromatic N) is 1. The number of nitrogens with one attached hydrogen (secondary N) is 1. The van der Waals surface area contributed by atoms with Crippen LogP contribution in [0.5, 0.6) is 0 Å². The number of rotatable bonds is 7. The lowest BCUT2D eigenvalue weighted by Crippen LogP contribution is -2.34. The number of amides is 1. The van der Waals surface area contributed by atoms with Gasteiger partial charge in [0.05, 0.1) is 12.0 Å². The molecule has 1 heterocycles. The Balaban J connectivity index is 1.31. The largest absolute Gasteiger partial charge is 0.378 e. The van der Waals surface area contributed by atoms with Crippen LogP contribution in [0.25, 0.3) is 5.57 Å². The third-order valence-electron chi connectivity index (χ3n) is 5.05. The van der Waals surface area contributed by atoms with Crippen LogP contribution in [0, 0.1) is 5.92 Å². The molecule has 1 amide bonds. The van der Waals surface area contributed by atoms with Crippen molar-refractivity contribution in [3.8, 4) is 0 Å². The Hall–Kier alpha value is -1.65. The molecule has 3 rings (SSSR count). The first-order valence-corrected chi connectivity index (χ1v) is 9.00. The van der Waals surface area contributed by atoms with Gasteiger partial charge in [0, 0.05) is 26.2 Å². The molecular weight excluding hydrogens is 300 g/mol. The standard InChI is InChI=1S/C20H28N2O2/c1-15-18(16-7-4-3-5-8-16)19(15)20(23)21-11-6-14-24-17-9-12-22(2)13-10-17/h3-5,7-8,17,19H,6,9-14H2,1-2H3,(H,21,23)/t19-/m1/s1. The Bertz CT molecular complexity index is 589. The summed E-state index contributed by atoms with van der Waals surface area (Å²) in [4.78, 5) is 14.6. The van der Waals surface area contributed by atoms with E-state index in [0.717, 1.165) is 39.0 Å². The fraction of sp³-hybridized carbons (Fsp3) is 0.550. The van der Waals surface area contributed by atoms with Crippen LogP contribution >= 0.6 is 0 Å². The zero-order chi connectivity index (χ0) is 16.9.